The van der Waals surface area contributed by atoms with Crippen LogP contribution in [0.5, 0.6) is 0 Å². The zero-order chi connectivity index (χ0) is 15.3. The Hall–Kier alpha value is -0.610. The lowest BCUT2D eigenvalue weighted by Gasteiger charge is -2.29. The minimum absolute atomic E-state index is 0.246. The van der Waals surface area contributed by atoms with Gasteiger partial charge in [-0.2, -0.15) is 0 Å². The molecule has 2 rings (SSSR count). The Morgan fingerprint density at radius 2 is 2.00 bits per heavy atom. The molecular formula is C17H32N2O2. The van der Waals surface area contributed by atoms with Gasteiger partial charge in [0.15, 0.2) is 0 Å². The predicted molar refractivity (Wildman–Crippen MR) is 85.0 cm³/mol. The molecule has 2 aliphatic rings. The molecule has 21 heavy (non-hydrogen) atoms. The molecule has 1 aliphatic carbocycles. The Kier molecular flexibility index (Phi) is 6.06. The van der Waals surface area contributed by atoms with Crippen LogP contribution in [0.15, 0.2) is 0 Å². The van der Waals surface area contributed by atoms with Gasteiger partial charge in [-0.15, -0.1) is 0 Å². The summed E-state index contributed by atoms with van der Waals surface area (Å²) in [7, 11) is 0. The van der Waals surface area contributed by atoms with Crippen molar-refractivity contribution in [2.75, 3.05) is 19.8 Å². The maximum atomic E-state index is 12.8. The fourth-order valence-electron chi connectivity index (χ4n) is 3.63. The van der Waals surface area contributed by atoms with Crippen LogP contribution >= 0.6 is 0 Å². The lowest BCUT2D eigenvalue weighted by molar-refractivity contribution is -0.133. The van der Waals surface area contributed by atoms with Crippen molar-refractivity contribution in [3.8, 4) is 0 Å². The van der Waals surface area contributed by atoms with Crippen molar-refractivity contribution in [2.24, 2.45) is 5.92 Å². The smallest absolute Gasteiger partial charge is 0.243 e. The second-order valence-corrected chi connectivity index (χ2v) is 6.78. The lowest BCUT2D eigenvalue weighted by atomic mass is 9.99. The second-order valence-electron chi connectivity index (χ2n) is 6.78. The van der Waals surface area contributed by atoms with Gasteiger partial charge in [0, 0.05) is 19.8 Å². The number of hydrogen-bond donors (Lipinski definition) is 1. The van der Waals surface area contributed by atoms with E-state index in [1.165, 1.54) is 25.7 Å². The van der Waals surface area contributed by atoms with E-state index >= 15 is 0 Å². The van der Waals surface area contributed by atoms with E-state index in [1.54, 1.807) is 0 Å². The van der Waals surface area contributed by atoms with E-state index in [-0.39, 0.29) is 17.6 Å². The summed E-state index contributed by atoms with van der Waals surface area (Å²) in [6, 6.07) is 0. The first-order valence-corrected chi connectivity index (χ1v) is 8.79. The molecule has 4 nitrogen and oxygen atoms in total. The van der Waals surface area contributed by atoms with Crippen molar-refractivity contribution in [2.45, 2.75) is 77.4 Å². The Bertz CT molecular complexity index is 342. The molecule has 0 radical (unpaired) electrons. The van der Waals surface area contributed by atoms with Crippen LogP contribution in [0.2, 0.25) is 0 Å². The summed E-state index contributed by atoms with van der Waals surface area (Å²) in [5, 5.41) is 3.65. The third kappa shape index (κ3) is 3.78. The van der Waals surface area contributed by atoms with Gasteiger partial charge in [0.05, 0.1) is 11.7 Å². The summed E-state index contributed by atoms with van der Waals surface area (Å²) in [5.41, 5.74) is -0.364. The first-order chi connectivity index (χ1) is 10.1. The van der Waals surface area contributed by atoms with E-state index in [4.69, 9.17) is 4.74 Å². The summed E-state index contributed by atoms with van der Waals surface area (Å²) in [6.45, 7) is 8.70. The van der Waals surface area contributed by atoms with Gasteiger partial charge in [0.25, 0.3) is 0 Å². The van der Waals surface area contributed by atoms with E-state index in [0.717, 1.165) is 39.0 Å². The SMILES string of the molecule is CCCOCCCN1C(=O)C(C)(CC)NC1C1CCCC1. The number of nitrogens with one attached hydrogen (secondary N) is 1. The Balaban J connectivity index is 1.94. The van der Waals surface area contributed by atoms with Gasteiger partial charge in [-0.05, 0) is 44.9 Å². The maximum absolute atomic E-state index is 12.8. The zero-order valence-corrected chi connectivity index (χ0v) is 14.0. The average Bonchev–Trinajstić information content (AvgIpc) is 3.09. The summed E-state index contributed by atoms with van der Waals surface area (Å²) in [4.78, 5) is 14.9. The topological polar surface area (TPSA) is 41.6 Å². The predicted octanol–water partition coefficient (Wildman–Crippen LogP) is 2.92. The van der Waals surface area contributed by atoms with E-state index in [0.29, 0.717) is 5.92 Å². The monoisotopic (exact) mass is 296 g/mol. The normalized spacial score (nSPS) is 30.5. The summed E-state index contributed by atoms with van der Waals surface area (Å²) in [6.07, 6.45) is 8.25. The molecule has 0 bridgehead atoms. The van der Waals surface area contributed by atoms with Gasteiger partial charge >= 0.3 is 0 Å². The molecule has 1 amide bonds. The molecule has 1 heterocycles. The minimum atomic E-state index is -0.364. The van der Waals surface area contributed by atoms with Crippen molar-refractivity contribution in [3.05, 3.63) is 0 Å². The third-order valence-electron chi connectivity index (χ3n) is 5.12. The van der Waals surface area contributed by atoms with Gasteiger partial charge in [0.2, 0.25) is 5.91 Å². The van der Waals surface area contributed by atoms with Crippen molar-refractivity contribution in [3.63, 3.8) is 0 Å². The van der Waals surface area contributed by atoms with E-state index in [9.17, 15) is 4.79 Å². The third-order valence-corrected chi connectivity index (χ3v) is 5.12. The van der Waals surface area contributed by atoms with Gasteiger partial charge in [-0.3, -0.25) is 10.1 Å². The fourth-order valence-corrected chi connectivity index (χ4v) is 3.63. The van der Waals surface area contributed by atoms with Crippen LogP contribution in [0.1, 0.15) is 65.7 Å². The highest BCUT2D eigenvalue weighted by Gasteiger charge is 2.49. The number of carbonyl (C=O) groups is 1. The number of hydrogen-bond acceptors (Lipinski definition) is 3. The molecule has 4 heteroatoms. The number of amides is 1. The van der Waals surface area contributed by atoms with Gasteiger partial charge in [-0.25, -0.2) is 0 Å². The highest BCUT2D eigenvalue weighted by atomic mass is 16.5. The quantitative estimate of drug-likeness (QED) is 0.700. The molecule has 0 aromatic heterocycles. The second kappa shape index (κ2) is 7.59. The number of nitrogens with zero attached hydrogens (tertiary/aromatic N) is 1. The van der Waals surface area contributed by atoms with Crippen molar-refractivity contribution in [1.29, 1.82) is 0 Å². The summed E-state index contributed by atoms with van der Waals surface area (Å²) in [5.74, 6) is 0.927. The first kappa shape index (κ1) is 16.8. The number of ether oxygens (including phenoxy) is 1. The Morgan fingerprint density at radius 3 is 2.62 bits per heavy atom. The van der Waals surface area contributed by atoms with Gasteiger partial charge in [-0.1, -0.05) is 26.7 Å². The van der Waals surface area contributed by atoms with E-state index in [1.807, 2.05) is 0 Å². The molecule has 0 spiro atoms. The standard InChI is InChI=1S/C17H32N2O2/c1-4-12-21-13-8-11-19-15(14-9-6-7-10-14)18-17(3,5-2)16(19)20/h14-15,18H,4-13H2,1-3H3. The van der Waals surface area contributed by atoms with Crippen LogP contribution in [0.25, 0.3) is 0 Å². The number of carbonyl (C=O) groups excluding carboxylic acids is 1. The first-order valence-electron chi connectivity index (χ1n) is 8.79. The molecule has 0 aromatic rings. The highest BCUT2D eigenvalue weighted by Crippen LogP contribution is 2.35. The molecule has 2 fully saturated rings. The van der Waals surface area contributed by atoms with Crippen LogP contribution in [0.3, 0.4) is 0 Å². The molecule has 1 saturated carbocycles. The molecule has 122 valence electrons. The Labute approximate surface area is 129 Å². The molecule has 2 atom stereocenters. The molecule has 1 saturated heterocycles. The molecule has 0 aromatic carbocycles. The van der Waals surface area contributed by atoms with Crippen LogP contribution in [-0.2, 0) is 9.53 Å². The largest absolute Gasteiger partial charge is 0.381 e. The van der Waals surface area contributed by atoms with E-state index in [2.05, 4.69) is 31.0 Å². The van der Waals surface area contributed by atoms with Gasteiger partial charge < -0.3 is 9.64 Å². The summed E-state index contributed by atoms with van der Waals surface area (Å²) < 4.78 is 5.56. The van der Waals surface area contributed by atoms with Crippen molar-refractivity contribution >= 4 is 5.91 Å². The van der Waals surface area contributed by atoms with Crippen molar-refractivity contribution < 1.29 is 9.53 Å². The fraction of sp³-hybridized carbons (Fsp3) is 0.941. The molecule has 2 unspecified atom stereocenters. The zero-order valence-electron chi connectivity index (χ0n) is 14.0. The van der Waals surface area contributed by atoms with E-state index < -0.39 is 0 Å². The van der Waals surface area contributed by atoms with Crippen LogP contribution in [-0.4, -0.2) is 42.3 Å². The lowest BCUT2D eigenvalue weighted by Crippen LogP contribution is -2.45. The average molecular weight is 296 g/mol. The van der Waals surface area contributed by atoms with Crippen LogP contribution in [0, 0.1) is 5.92 Å². The molecule has 1 N–H and O–H groups in total. The summed E-state index contributed by atoms with van der Waals surface area (Å²) >= 11 is 0. The van der Waals surface area contributed by atoms with Crippen LogP contribution in [0.4, 0.5) is 0 Å². The highest BCUT2D eigenvalue weighted by molar-refractivity contribution is 5.88. The maximum Gasteiger partial charge on any atom is 0.243 e. The van der Waals surface area contributed by atoms with Crippen LogP contribution < -0.4 is 5.32 Å². The minimum Gasteiger partial charge on any atom is -0.381 e. The molecular weight excluding hydrogens is 264 g/mol. The van der Waals surface area contributed by atoms with Crippen molar-refractivity contribution in [1.82, 2.24) is 10.2 Å². The Morgan fingerprint density at radius 1 is 1.29 bits per heavy atom. The van der Waals surface area contributed by atoms with Gasteiger partial charge in [0.1, 0.15) is 0 Å². The molecule has 1 aliphatic heterocycles. The number of rotatable bonds is 8.